The Hall–Kier alpha value is -2.04. The van der Waals surface area contributed by atoms with Crippen molar-refractivity contribution in [2.75, 3.05) is 25.5 Å². The van der Waals surface area contributed by atoms with Gasteiger partial charge >= 0.3 is 6.03 Å². The van der Waals surface area contributed by atoms with Crippen molar-refractivity contribution in [3.8, 4) is 0 Å². The van der Waals surface area contributed by atoms with E-state index in [9.17, 15) is 9.59 Å². The van der Waals surface area contributed by atoms with Crippen LogP contribution in [0.25, 0.3) is 0 Å². The summed E-state index contributed by atoms with van der Waals surface area (Å²) >= 11 is 0. The van der Waals surface area contributed by atoms with Gasteiger partial charge in [0, 0.05) is 25.8 Å². The van der Waals surface area contributed by atoms with Crippen molar-refractivity contribution in [3.05, 3.63) is 29.8 Å². The number of piperidine rings is 1. The van der Waals surface area contributed by atoms with Crippen LogP contribution < -0.4 is 10.6 Å². The summed E-state index contributed by atoms with van der Waals surface area (Å²) in [5.41, 5.74) is 1.89. The lowest BCUT2D eigenvalue weighted by Crippen LogP contribution is -2.46. The van der Waals surface area contributed by atoms with E-state index in [2.05, 4.69) is 10.6 Å². The van der Waals surface area contributed by atoms with Gasteiger partial charge in [-0.2, -0.15) is 0 Å². The van der Waals surface area contributed by atoms with Crippen molar-refractivity contribution in [1.29, 1.82) is 0 Å². The summed E-state index contributed by atoms with van der Waals surface area (Å²) in [6.45, 7) is 3.17. The quantitative estimate of drug-likeness (QED) is 0.867. The number of nitrogens with one attached hydrogen (secondary N) is 2. The zero-order chi connectivity index (χ0) is 14.5. The monoisotopic (exact) mass is 275 g/mol. The van der Waals surface area contributed by atoms with E-state index in [1.165, 1.54) is 0 Å². The summed E-state index contributed by atoms with van der Waals surface area (Å²) in [7, 11) is 1.63. The average Bonchev–Trinajstić information content (AvgIpc) is 2.46. The number of hydrogen-bond acceptors (Lipinski definition) is 2. The molecule has 2 N–H and O–H groups in total. The highest BCUT2D eigenvalue weighted by Gasteiger charge is 2.27. The molecule has 0 aliphatic carbocycles. The standard InChI is InChI=1S/C15H21N3O2/c1-11-5-3-7-13(9-11)17-15(20)18-8-4-6-12(10-18)14(19)16-2/h3,5,7,9,12H,4,6,8,10H2,1-2H3,(H,16,19)(H,17,20). The molecule has 0 radical (unpaired) electrons. The van der Waals surface area contributed by atoms with Gasteiger partial charge in [0.05, 0.1) is 5.92 Å². The Kier molecular flexibility index (Phi) is 4.61. The predicted octanol–water partition coefficient (Wildman–Crippen LogP) is 1.98. The Morgan fingerprint density at radius 3 is 2.85 bits per heavy atom. The summed E-state index contributed by atoms with van der Waals surface area (Å²) in [5, 5.41) is 5.54. The Bertz CT molecular complexity index is 502. The smallest absolute Gasteiger partial charge is 0.321 e. The summed E-state index contributed by atoms with van der Waals surface area (Å²) in [6, 6.07) is 7.56. The first kappa shape index (κ1) is 14.4. The highest BCUT2D eigenvalue weighted by atomic mass is 16.2. The van der Waals surface area contributed by atoms with Crippen LogP contribution in [0.2, 0.25) is 0 Å². The number of anilines is 1. The first-order valence-corrected chi connectivity index (χ1v) is 6.94. The van der Waals surface area contributed by atoms with E-state index in [4.69, 9.17) is 0 Å². The van der Waals surface area contributed by atoms with Gasteiger partial charge in [0.2, 0.25) is 5.91 Å². The molecule has 3 amide bonds. The van der Waals surface area contributed by atoms with Crippen LogP contribution in [0.15, 0.2) is 24.3 Å². The lowest BCUT2D eigenvalue weighted by molar-refractivity contribution is -0.125. The fourth-order valence-electron chi connectivity index (χ4n) is 2.51. The van der Waals surface area contributed by atoms with E-state index in [1.807, 2.05) is 31.2 Å². The molecule has 0 saturated carbocycles. The van der Waals surface area contributed by atoms with E-state index in [-0.39, 0.29) is 17.9 Å². The van der Waals surface area contributed by atoms with Crippen LogP contribution in [0, 0.1) is 12.8 Å². The van der Waals surface area contributed by atoms with Gasteiger partial charge in [-0.05, 0) is 37.5 Å². The number of amides is 3. The second-order valence-corrected chi connectivity index (χ2v) is 5.20. The van der Waals surface area contributed by atoms with E-state index in [0.717, 1.165) is 24.1 Å². The third-order valence-electron chi connectivity index (χ3n) is 3.60. The molecule has 108 valence electrons. The molecule has 0 spiro atoms. The SMILES string of the molecule is CNC(=O)C1CCCN(C(=O)Nc2cccc(C)c2)C1. The minimum atomic E-state index is -0.135. The molecule has 1 aliphatic heterocycles. The van der Waals surface area contributed by atoms with Crippen LogP contribution in [0.4, 0.5) is 10.5 Å². The van der Waals surface area contributed by atoms with Crippen LogP contribution >= 0.6 is 0 Å². The third kappa shape index (κ3) is 3.50. The van der Waals surface area contributed by atoms with Gasteiger partial charge in [0.25, 0.3) is 0 Å². The molecule has 1 aliphatic rings. The number of rotatable bonds is 2. The maximum absolute atomic E-state index is 12.2. The van der Waals surface area contributed by atoms with Crippen molar-refractivity contribution in [3.63, 3.8) is 0 Å². The Morgan fingerprint density at radius 2 is 2.15 bits per heavy atom. The van der Waals surface area contributed by atoms with Crippen LogP contribution in [-0.4, -0.2) is 37.0 Å². The molecule has 1 saturated heterocycles. The molecule has 1 aromatic carbocycles. The fraction of sp³-hybridized carbons (Fsp3) is 0.467. The molecule has 5 nitrogen and oxygen atoms in total. The molecule has 1 unspecified atom stereocenters. The van der Waals surface area contributed by atoms with Gasteiger partial charge in [0.1, 0.15) is 0 Å². The van der Waals surface area contributed by atoms with Gasteiger partial charge in [-0.1, -0.05) is 12.1 Å². The molecule has 1 atom stereocenters. The topological polar surface area (TPSA) is 61.4 Å². The van der Waals surface area contributed by atoms with Crippen LogP contribution in [0.1, 0.15) is 18.4 Å². The first-order valence-electron chi connectivity index (χ1n) is 6.94. The lowest BCUT2D eigenvalue weighted by Gasteiger charge is -2.31. The largest absolute Gasteiger partial charge is 0.359 e. The molecule has 1 heterocycles. The van der Waals surface area contributed by atoms with Gasteiger partial charge in [-0.15, -0.1) is 0 Å². The first-order chi connectivity index (χ1) is 9.60. The van der Waals surface area contributed by atoms with Crippen LogP contribution in [0.3, 0.4) is 0 Å². The molecule has 1 fully saturated rings. The lowest BCUT2D eigenvalue weighted by atomic mass is 9.97. The molecule has 1 aromatic rings. The van der Waals surface area contributed by atoms with Crippen molar-refractivity contribution in [2.24, 2.45) is 5.92 Å². The number of benzene rings is 1. The number of hydrogen-bond donors (Lipinski definition) is 2. The van der Waals surface area contributed by atoms with Gasteiger partial charge < -0.3 is 15.5 Å². The molecule has 0 bridgehead atoms. The maximum atomic E-state index is 12.2. The Labute approximate surface area is 119 Å². The van der Waals surface area contributed by atoms with E-state index in [1.54, 1.807) is 11.9 Å². The average molecular weight is 275 g/mol. The molecule has 2 rings (SSSR count). The number of carbonyl (C=O) groups is 2. The fourth-order valence-corrected chi connectivity index (χ4v) is 2.51. The highest BCUT2D eigenvalue weighted by molar-refractivity contribution is 5.90. The van der Waals surface area contributed by atoms with Crippen molar-refractivity contribution < 1.29 is 9.59 Å². The van der Waals surface area contributed by atoms with E-state index < -0.39 is 0 Å². The second kappa shape index (κ2) is 6.41. The molecule has 5 heteroatoms. The normalized spacial score (nSPS) is 18.5. The molecular formula is C15H21N3O2. The summed E-state index contributed by atoms with van der Waals surface area (Å²) in [5.74, 6) is -0.0879. The maximum Gasteiger partial charge on any atom is 0.321 e. The number of carbonyl (C=O) groups excluding carboxylic acids is 2. The predicted molar refractivity (Wildman–Crippen MR) is 78.6 cm³/mol. The molecular weight excluding hydrogens is 254 g/mol. The van der Waals surface area contributed by atoms with Gasteiger partial charge in [-0.25, -0.2) is 4.79 Å². The highest BCUT2D eigenvalue weighted by Crippen LogP contribution is 2.18. The Morgan fingerprint density at radius 1 is 1.35 bits per heavy atom. The van der Waals surface area contributed by atoms with E-state index >= 15 is 0 Å². The van der Waals surface area contributed by atoms with Crippen molar-refractivity contribution in [1.82, 2.24) is 10.2 Å². The minimum Gasteiger partial charge on any atom is -0.359 e. The van der Waals surface area contributed by atoms with Gasteiger partial charge in [-0.3, -0.25) is 4.79 Å². The Balaban J connectivity index is 1.97. The number of nitrogens with zero attached hydrogens (tertiary/aromatic N) is 1. The zero-order valence-electron chi connectivity index (χ0n) is 12.0. The summed E-state index contributed by atoms with van der Waals surface area (Å²) in [4.78, 5) is 25.6. The molecule has 0 aromatic heterocycles. The van der Waals surface area contributed by atoms with Crippen LogP contribution in [-0.2, 0) is 4.79 Å². The number of aryl methyl sites for hydroxylation is 1. The van der Waals surface area contributed by atoms with Gasteiger partial charge in [0.15, 0.2) is 0 Å². The van der Waals surface area contributed by atoms with E-state index in [0.29, 0.717) is 13.1 Å². The van der Waals surface area contributed by atoms with Crippen molar-refractivity contribution >= 4 is 17.6 Å². The zero-order valence-corrected chi connectivity index (χ0v) is 12.0. The minimum absolute atomic E-state index is 0.0121. The van der Waals surface area contributed by atoms with Crippen molar-refractivity contribution in [2.45, 2.75) is 19.8 Å². The number of urea groups is 1. The third-order valence-corrected chi connectivity index (χ3v) is 3.60. The van der Waals surface area contributed by atoms with Crippen LogP contribution in [0.5, 0.6) is 0 Å². The number of likely N-dealkylation sites (tertiary alicyclic amines) is 1. The summed E-state index contributed by atoms with van der Waals surface area (Å²) in [6.07, 6.45) is 1.70. The summed E-state index contributed by atoms with van der Waals surface area (Å²) < 4.78 is 0. The molecule has 20 heavy (non-hydrogen) atoms. The second-order valence-electron chi connectivity index (χ2n) is 5.20.